The fourth-order valence-electron chi connectivity index (χ4n) is 4.70. The molecule has 0 aromatic heterocycles. The van der Waals surface area contributed by atoms with E-state index in [1.54, 1.807) is 23.8 Å². The van der Waals surface area contributed by atoms with Crippen LogP contribution < -0.4 is 15.0 Å². The summed E-state index contributed by atoms with van der Waals surface area (Å²) in [4.78, 5) is 42.8. The molecular weight excluding hydrogens is 466 g/mol. The Hall–Kier alpha value is -3.87. The van der Waals surface area contributed by atoms with Crippen LogP contribution in [0.25, 0.3) is 10.8 Å². The van der Waals surface area contributed by atoms with E-state index in [2.05, 4.69) is 5.32 Å². The standard InChI is InChI=1S/C30H35N3O4/c1-20(2)18-31-29(35)21(3)33(19-22-13-15-24(37-4)16-14-22)27(34)12-7-17-32-26-11-6-9-23-8-5-10-25(28(23)26)30(32)36/h5-6,8-11,13-16,20-21H,7,12,17-19H2,1-4H3,(H,31,35)/t21-/m1/s1. The zero-order valence-electron chi connectivity index (χ0n) is 22.0. The fourth-order valence-corrected chi connectivity index (χ4v) is 4.70. The van der Waals surface area contributed by atoms with Gasteiger partial charge in [0.05, 0.1) is 12.8 Å². The molecule has 0 unspecified atom stereocenters. The normalized spacial score (nSPS) is 13.2. The van der Waals surface area contributed by atoms with Gasteiger partial charge in [-0.2, -0.15) is 0 Å². The maximum atomic E-state index is 13.4. The molecule has 1 heterocycles. The van der Waals surface area contributed by atoms with Gasteiger partial charge in [-0.3, -0.25) is 14.4 Å². The minimum Gasteiger partial charge on any atom is -0.497 e. The molecule has 3 aromatic carbocycles. The van der Waals surface area contributed by atoms with E-state index in [0.29, 0.717) is 37.5 Å². The molecule has 37 heavy (non-hydrogen) atoms. The first-order valence-corrected chi connectivity index (χ1v) is 12.8. The lowest BCUT2D eigenvalue weighted by Gasteiger charge is -2.29. The molecule has 1 aliphatic rings. The number of amides is 3. The molecule has 0 aliphatic carbocycles. The largest absolute Gasteiger partial charge is 0.497 e. The lowest BCUT2D eigenvalue weighted by molar-refractivity contribution is -0.140. The van der Waals surface area contributed by atoms with Gasteiger partial charge in [0.15, 0.2) is 0 Å². The highest BCUT2D eigenvalue weighted by molar-refractivity contribution is 6.25. The van der Waals surface area contributed by atoms with Crippen molar-refractivity contribution >= 4 is 34.2 Å². The first-order chi connectivity index (χ1) is 17.8. The highest BCUT2D eigenvalue weighted by atomic mass is 16.5. The highest BCUT2D eigenvalue weighted by Crippen LogP contribution is 2.37. The molecule has 0 radical (unpaired) electrons. The number of hydrogen-bond acceptors (Lipinski definition) is 4. The quantitative estimate of drug-likeness (QED) is 0.410. The van der Waals surface area contributed by atoms with Crippen LogP contribution in [0.5, 0.6) is 5.75 Å². The molecule has 194 valence electrons. The number of hydrogen-bond donors (Lipinski definition) is 1. The van der Waals surface area contributed by atoms with E-state index in [9.17, 15) is 14.4 Å². The second-order valence-corrected chi connectivity index (χ2v) is 9.93. The van der Waals surface area contributed by atoms with E-state index in [1.807, 2.05) is 74.5 Å². The average Bonchev–Trinajstić information content (AvgIpc) is 3.18. The molecule has 0 saturated heterocycles. The Labute approximate surface area is 218 Å². The fraction of sp³-hybridized carbons (Fsp3) is 0.367. The van der Waals surface area contributed by atoms with Crippen molar-refractivity contribution in [3.05, 3.63) is 71.8 Å². The zero-order chi connectivity index (χ0) is 26.5. The van der Waals surface area contributed by atoms with E-state index in [1.165, 1.54) is 0 Å². The highest BCUT2D eigenvalue weighted by Gasteiger charge is 2.30. The van der Waals surface area contributed by atoms with Crippen LogP contribution in [0.3, 0.4) is 0 Å². The Morgan fingerprint density at radius 3 is 2.38 bits per heavy atom. The Bertz CT molecular complexity index is 1280. The third-order valence-corrected chi connectivity index (χ3v) is 6.79. The van der Waals surface area contributed by atoms with Crippen LogP contribution in [0.1, 0.15) is 49.5 Å². The number of rotatable bonds is 11. The van der Waals surface area contributed by atoms with Crippen molar-refractivity contribution in [1.29, 1.82) is 0 Å². The summed E-state index contributed by atoms with van der Waals surface area (Å²) in [6, 6.07) is 18.5. The minimum absolute atomic E-state index is 0.0317. The maximum Gasteiger partial charge on any atom is 0.258 e. The number of ether oxygens (including phenoxy) is 1. The molecule has 1 aliphatic heterocycles. The number of benzene rings is 3. The average molecular weight is 502 g/mol. The van der Waals surface area contributed by atoms with Crippen LogP contribution in [0.4, 0.5) is 5.69 Å². The summed E-state index contributed by atoms with van der Waals surface area (Å²) in [5.41, 5.74) is 2.51. The van der Waals surface area contributed by atoms with Crippen molar-refractivity contribution in [2.75, 3.05) is 25.1 Å². The van der Waals surface area contributed by atoms with Crippen molar-refractivity contribution in [1.82, 2.24) is 10.2 Å². The van der Waals surface area contributed by atoms with Crippen LogP contribution in [-0.2, 0) is 16.1 Å². The third kappa shape index (κ3) is 5.77. The molecule has 1 atom stereocenters. The van der Waals surface area contributed by atoms with Crippen LogP contribution in [-0.4, -0.2) is 48.9 Å². The molecule has 0 bridgehead atoms. The molecule has 7 nitrogen and oxygen atoms in total. The third-order valence-electron chi connectivity index (χ3n) is 6.79. The lowest BCUT2D eigenvalue weighted by Crippen LogP contribution is -2.48. The number of methoxy groups -OCH3 is 1. The van der Waals surface area contributed by atoms with Crippen LogP contribution in [0, 0.1) is 5.92 Å². The van der Waals surface area contributed by atoms with Crippen LogP contribution in [0.2, 0.25) is 0 Å². The molecule has 3 aromatic rings. The molecule has 3 amide bonds. The Morgan fingerprint density at radius 2 is 1.70 bits per heavy atom. The van der Waals surface area contributed by atoms with Gasteiger partial charge in [-0.05, 0) is 54.5 Å². The number of carbonyl (C=O) groups excluding carboxylic acids is 3. The van der Waals surface area contributed by atoms with Crippen LogP contribution >= 0.6 is 0 Å². The van der Waals surface area contributed by atoms with Gasteiger partial charge in [0.2, 0.25) is 11.8 Å². The van der Waals surface area contributed by atoms with Gasteiger partial charge in [-0.15, -0.1) is 0 Å². The van der Waals surface area contributed by atoms with Crippen molar-refractivity contribution < 1.29 is 19.1 Å². The summed E-state index contributed by atoms with van der Waals surface area (Å²) in [7, 11) is 1.61. The van der Waals surface area contributed by atoms with E-state index >= 15 is 0 Å². The molecule has 4 rings (SSSR count). The predicted octanol–water partition coefficient (Wildman–Crippen LogP) is 4.78. The molecule has 7 heteroatoms. The van der Waals surface area contributed by atoms with Gasteiger partial charge in [0.25, 0.3) is 5.91 Å². The molecule has 0 saturated carbocycles. The number of carbonyl (C=O) groups is 3. The zero-order valence-corrected chi connectivity index (χ0v) is 22.0. The van der Waals surface area contributed by atoms with Gasteiger partial charge in [0.1, 0.15) is 11.8 Å². The summed E-state index contributed by atoms with van der Waals surface area (Å²) in [5.74, 6) is 0.720. The van der Waals surface area contributed by atoms with Crippen LogP contribution in [0.15, 0.2) is 60.7 Å². The first kappa shape index (κ1) is 26.2. The van der Waals surface area contributed by atoms with E-state index in [-0.39, 0.29) is 24.1 Å². The van der Waals surface area contributed by atoms with Gasteiger partial charge >= 0.3 is 0 Å². The van der Waals surface area contributed by atoms with Crippen molar-refractivity contribution in [2.24, 2.45) is 5.92 Å². The summed E-state index contributed by atoms with van der Waals surface area (Å²) in [5, 5.41) is 4.95. The summed E-state index contributed by atoms with van der Waals surface area (Å²) in [6.45, 7) is 7.12. The lowest BCUT2D eigenvalue weighted by atomic mass is 10.1. The second-order valence-electron chi connectivity index (χ2n) is 9.93. The Balaban J connectivity index is 1.45. The molecule has 0 spiro atoms. The van der Waals surface area contributed by atoms with Gasteiger partial charge in [-0.25, -0.2) is 0 Å². The van der Waals surface area contributed by atoms with Gasteiger partial charge in [-0.1, -0.05) is 50.2 Å². The molecular formula is C30H35N3O4. The summed E-state index contributed by atoms with van der Waals surface area (Å²) >= 11 is 0. The van der Waals surface area contributed by atoms with Crippen molar-refractivity contribution in [2.45, 2.75) is 46.2 Å². The number of anilines is 1. The smallest absolute Gasteiger partial charge is 0.258 e. The SMILES string of the molecule is COc1ccc(CN(C(=O)CCCN2C(=O)c3cccc4cccc2c34)[C@H](C)C(=O)NCC(C)C)cc1. The minimum atomic E-state index is -0.625. The van der Waals surface area contributed by atoms with E-state index in [4.69, 9.17) is 4.74 Å². The van der Waals surface area contributed by atoms with Gasteiger partial charge < -0.3 is 19.9 Å². The Kier molecular flexibility index (Phi) is 8.11. The van der Waals surface area contributed by atoms with Crippen molar-refractivity contribution in [3.8, 4) is 5.75 Å². The van der Waals surface area contributed by atoms with Crippen molar-refractivity contribution in [3.63, 3.8) is 0 Å². The molecule has 1 N–H and O–H groups in total. The van der Waals surface area contributed by atoms with Gasteiger partial charge in [0, 0.05) is 37.0 Å². The molecule has 0 fully saturated rings. The first-order valence-electron chi connectivity index (χ1n) is 12.8. The second kappa shape index (κ2) is 11.5. The monoisotopic (exact) mass is 501 g/mol. The topological polar surface area (TPSA) is 79.0 Å². The predicted molar refractivity (Wildman–Crippen MR) is 146 cm³/mol. The Morgan fingerprint density at radius 1 is 1.00 bits per heavy atom. The number of nitrogens with zero attached hydrogens (tertiary/aromatic N) is 2. The maximum absolute atomic E-state index is 13.4. The van der Waals surface area contributed by atoms with E-state index in [0.717, 1.165) is 27.8 Å². The summed E-state index contributed by atoms with van der Waals surface area (Å²) < 4.78 is 5.24. The summed E-state index contributed by atoms with van der Waals surface area (Å²) in [6.07, 6.45) is 0.725. The van der Waals surface area contributed by atoms with E-state index < -0.39 is 6.04 Å². The number of nitrogens with one attached hydrogen (secondary N) is 1.